The lowest BCUT2D eigenvalue weighted by Gasteiger charge is -2.08. The molecule has 0 spiro atoms. The van der Waals surface area contributed by atoms with Gasteiger partial charge in [0.2, 0.25) is 0 Å². The number of fused-ring (bicyclic) bond motifs is 1. The zero-order valence-corrected chi connectivity index (χ0v) is 12.9. The number of H-pyrrole nitrogens is 1. The molecule has 0 bridgehead atoms. The van der Waals surface area contributed by atoms with Gasteiger partial charge in [0, 0.05) is 11.3 Å². The van der Waals surface area contributed by atoms with Crippen LogP contribution in [0.15, 0.2) is 36.4 Å². The van der Waals surface area contributed by atoms with Crippen molar-refractivity contribution in [2.75, 3.05) is 12.4 Å². The number of amides is 1. The van der Waals surface area contributed by atoms with E-state index in [9.17, 15) is 4.79 Å². The van der Waals surface area contributed by atoms with Crippen molar-refractivity contribution >= 4 is 34.2 Å². The molecule has 2 N–H and O–H groups in total. The van der Waals surface area contributed by atoms with Crippen LogP contribution in [0.2, 0.25) is 5.02 Å². The second kappa shape index (κ2) is 5.69. The number of nitrogens with zero attached hydrogens (tertiary/aromatic N) is 1. The average Bonchev–Trinajstić information content (AvgIpc) is 2.86. The number of ether oxygens (including phenoxy) is 1. The molecule has 6 heteroatoms. The second-order valence-electron chi connectivity index (χ2n) is 4.86. The summed E-state index contributed by atoms with van der Waals surface area (Å²) < 4.78 is 5.08. The number of imidazole rings is 1. The molecule has 0 unspecified atom stereocenters. The van der Waals surface area contributed by atoms with E-state index in [1.54, 1.807) is 37.4 Å². The van der Waals surface area contributed by atoms with E-state index in [4.69, 9.17) is 16.3 Å². The van der Waals surface area contributed by atoms with Crippen LogP contribution in [-0.2, 0) is 0 Å². The Morgan fingerprint density at radius 1 is 1.27 bits per heavy atom. The zero-order valence-electron chi connectivity index (χ0n) is 12.1. The van der Waals surface area contributed by atoms with Gasteiger partial charge in [-0.2, -0.15) is 0 Å². The van der Waals surface area contributed by atoms with E-state index in [1.807, 2.05) is 13.0 Å². The molecule has 3 aromatic rings. The molecule has 0 aliphatic carbocycles. The van der Waals surface area contributed by atoms with Crippen LogP contribution in [0.25, 0.3) is 11.0 Å². The van der Waals surface area contributed by atoms with Crippen LogP contribution in [0, 0.1) is 6.92 Å². The number of nitrogens with one attached hydrogen (secondary N) is 2. The van der Waals surface area contributed by atoms with Gasteiger partial charge in [-0.15, -0.1) is 0 Å². The summed E-state index contributed by atoms with van der Waals surface area (Å²) in [6.07, 6.45) is 0. The van der Waals surface area contributed by atoms with E-state index in [0.29, 0.717) is 22.0 Å². The van der Waals surface area contributed by atoms with Gasteiger partial charge in [-0.1, -0.05) is 11.6 Å². The van der Waals surface area contributed by atoms with Gasteiger partial charge < -0.3 is 15.0 Å². The Balaban J connectivity index is 1.84. The van der Waals surface area contributed by atoms with Crippen LogP contribution in [0.5, 0.6) is 5.75 Å². The van der Waals surface area contributed by atoms with Crippen molar-refractivity contribution in [3.63, 3.8) is 0 Å². The van der Waals surface area contributed by atoms with Crippen molar-refractivity contribution in [1.29, 1.82) is 0 Å². The molecule has 22 heavy (non-hydrogen) atoms. The highest BCUT2D eigenvalue weighted by Crippen LogP contribution is 2.27. The molecule has 0 atom stereocenters. The van der Waals surface area contributed by atoms with Crippen LogP contribution < -0.4 is 10.1 Å². The number of benzene rings is 2. The van der Waals surface area contributed by atoms with Gasteiger partial charge in [0.05, 0.1) is 23.2 Å². The standard InChI is InChI=1S/C16H14ClN3O2/c1-9-18-13-5-3-10(7-14(13)19-9)16(21)20-11-4-6-15(22-2)12(17)8-11/h3-8H,1-2H3,(H,18,19)(H,20,21). The number of methoxy groups -OCH3 is 1. The van der Waals surface area contributed by atoms with Crippen LogP contribution in [-0.4, -0.2) is 23.0 Å². The van der Waals surface area contributed by atoms with E-state index >= 15 is 0 Å². The van der Waals surface area contributed by atoms with Crippen molar-refractivity contribution in [3.05, 3.63) is 52.8 Å². The van der Waals surface area contributed by atoms with E-state index < -0.39 is 0 Å². The summed E-state index contributed by atoms with van der Waals surface area (Å²) >= 11 is 6.05. The Morgan fingerprint density at radius 2 is 2.09 bits per heavy atom. The quantitative estimate of drug-likeness (QED) is 0.773. The summed E-state index contributed by atoms with van der Waals surface area (Å²) in [7, 11) is 1.54. The molecule has 1 aromatic heterocycles. The van der Waals surface area contributed by atoms with Crippen molar-refractivity contribution in [1.82, 2.24) is 9.97 Å². The maximum atomic E-state index is 12.3. The molecule has 5 nitrogen and oxygen atoms in total. The highest BCUT2D eigenvalue weighted by molar-refractivity contribution is 6.32. The molecular weight excluding hydrogens is 302 g/mol. The smallest absolute Gasteiger partial charge is 0.255 e. The fraction of sp³-hybridized carbons (Fsp3) is 0.125. The summed E-state index contributed by atoms with van der Waals surface area (Å²) in [6.45, 7) is 1.87. The molecule has 2 aromatic carbocycles. The number of carbonyl (C=O) groups excluding carboxylic acids is 1. The summed E-state index contributed by atoms with van der Waals surface area (Å²) in [5, 5.41) is 3.25. The first-order chi connectivity index (χ1) is 10.6. The van der Waals surface area contributed by atoms with Gasteiger partial charge >= 0.3 is 0 Å². The van der Waals surface area contributed by atoms with Gasteiger partial charge in [-0.3, -0.25) is 4.79 Å². The third kappa shape index (κ3) is 2.76. The lowest BCUT2D eigenvalue weighted by Crippen LogP contribution is -2.11. The van der Waals surface area contributed by atoms with Gasteiger partial charge in [0.1, 0.15) is 11.6 Å². The molecule has 112 valence electrons. The third-order valence-corrected chi connectivity index (χ3v) is 3.57. The van der Waals surface area contributed by atoms with Crippen molar-refractivity contribution in [3.8, 4) is 5.75 Å². The largest absolute Gasteiger partial charge is 0.495 e. The Bertz CT molecular complexity index is 858. The fourth-order valence-corrected chi connectivity index (χ4v) is 2.48. The number of aromatic nitrogens is 2. The summed E-state index contributed by atoms with van der Waals surface area (Å²) in [5.41, 5.74) is 2.82. The van der Waals surface area contributed by atoms with Crippen LogP contribution in [0.4, 0.5) is 5.69 Å². The van der Waals surface area contributed by atoms with Gasteiger partial charge in [-0.25, -0.2) is 4.98 Å². The second-order valence-corrected chi connectivity index (χ2v) is 5.26. The maximum absolute atomic E-state index is 12.3. The predicted molar refractivity (Wildman–Crippen MR) is 86.8 cm³/mol. The first kappa shape index (κ1) is 14.4. The number of carbonyl (C=O) groups is 1. The van der Waals surface area contributed by atoms with E-state index in [-0.39, 0.29) is 5.91 Å². The summed E-state index contributed by atoms with van der Waals surface area (Å²) in [6, 6.07) is 10.4. The van der Waals surface area contributed by atoms with E-state index in [2.05, 4.69) is 15.3 Å². The highest BCUT2D eigenvalue weighted by Gasteiger charge is 2.10. The predicted octanol–water partition coefficient (Wildman–Crippen LogP) is 3.79. The summed E-state index contributed by atoms with van der Waals surface area (Å²) in [4.78, 5) is 19.7. The molecular formula is C16H14ClN3O2. The van der Waals surface area contributed by atoms with E-state index in [0.717, 1.165) is 16.9 Å². The van der Waals surface area contributed by atoms with E-state index in [1.165, 1.54) is 0 Å². The Kier molecular flexibility index (Phi) is 3.73. The SMILES string of the molecule is COc1ccc(NC(=O)c2ccc3nc(C)[nH]c3c2)cc1Cl. The minimum Gasteiger partial charge on any atom is -0.495 e. The number of hydrogen-bond acceptors (Lipinski definition) is 3. The van der Waals surface area contributed by atoms with Crippen molar-refractivity contribution in [2.45, 2.75) is 6.92 Å². The minimum absolute atomic E-state index is 0.213. The highest BCUT2D eigenvalue weighted by atomic mass is 35.5. The molecule has 1 heterocycles. The van der Waals surface area contributed by atoms with Crippen LogP contribution in [0.1, 0.15) is 16.2 Å². The number of aromatic amines is 1. The Morgan fingerprint density at radius 3 is 2.82 bits per heavy atom. The molecule has 0 radical (unpaired) electrons. The van der Waals surface area contributed by atoms with Gasteiger partial charge in [-0.05, 0) is 43.3 Å². The molecule has 1 amide bonds. The molecule has 0 aliphatic heterocycles. The first-order valence-corrected chi connectivity index (χ1v) is 7.06. The number of hydrogen-bond donors (Lipinski definition) is 2. The molecule has 0 aliphatic rings. The number of rotatable bonds is 3. The lowest BCUT2D eigenvalue weighted by atomic mass is 10.2. The molecule has 0 saturated heterocycles. The Labute approximate surface area is 132 Å². The number of anilines is 1. The molecule has 0 fully saturated rings. The number of aryl methyl sites for hydroxylation is 1. The molecule has 0 saturated carbocycles. The third-order valence-electron chi connectivity index (χ3n) is 3.27. The Hall–Kier alpha value is -2.53. The molecule has 3 rings (SSSR count). The fourth-order valence-electron chi connectivity index (χ4n) is 2.23. The average molecular weight is 316 g/mol. The van der Waals surface area contributed by atoms with Crippen LogP contribution in [0.3, 0.4) is 0 Å². The lowest BCUT2D eigenvalue weighted by molar-refractivity contribution is 0.102. The van der Waals surface area contributed by atoms with Gasteiger partial charge in [0.25, 0.3) is 5.91 Å². The van der Waals surface area contributed by atoms with Crippen molar-refractivity contribution < 1.29 is 9.53 Å². The maximum Gasteiger partial charge on any atom is 0.255 e. The van der Waals surface area contributed by atoms with Gasteiger partial charge in [0.15, 0.2) is 0 Å². The first-order valence-electron chi connectivity index (χ1n) is 6.68. The monoisotopic (exact) mass is 315 g/mol. The summed E-state index contributed by atoms with van der Waals surface area (Å²) in [5.74, 6) is 1.17. The van der Waals surface area contributed by atoms with Crippen LogP contribution >= 0.6 is 11.6 Å². The minimum atomic E-state index is -0.213. The topological polar surface area (TPSA) is 67.0 Å². The zero-order chi connectivity index (χ0) is 15.7. The van der Waals surface area contributed by atoms with Crippen molar-refractivity contribution in [2.24, 2.45) is 0 Å². The normalized spacial score (nSPS) is 10.7. The number of halogens is 1.